The summed E-state index contributed by atoms with van der Waals surface area (Å²) in [7, 11) is -22.5. The van der Waals surface area contributed by atoms with Gasteiger partial charge in [-0.25, -0.2) is 15.4 Å². The van der Waals surface area contributed by atoms with Crippen LogP contribution in [0, 0.1) is 0 Å². The Balaban J connectivity index is 0. The molecule has 0 heterocycles. The van der Waals surface area contributed by atoms with Crippen LogP contribution in [-0.4, -0.2) is 39.1 Å². The van der Waals surface area contributed by atoms with Gasteiger partial charge in [0.05, 0.1) is 0 Å². The molecule has 0 aliphatic carbocycles. The van der Waals surface area contributed by atoms with Crippen molar-refractivity contribution >= 4 is 38.0 Å². The molecule has 0 bridgehead atoms. The van der Waals surface area contributed by atoms with Crippen molar-refractivity contribution in [3.63, 3.8) is 0 Å². The van der Waals surface area contributed by atoms with Crippen LogP contribution in [-0.2, 0) is 74.4 Å². The fraction of sp³-hybridized carbons (Fsp3) is 1.00. The van der Waals surface area contributed by atoms with E-state index >= 15 is 0 Å². The number of hydrogen-bond acceptors (Lipinski definition) is 8. The molecule has 0 saturated heterocycles. The minimum atomic E-state index is -6.48. The first kappa shape index (κ1) is 21.2. The number of nitrogens with two attached hydrogens (primary N) is 3. The fourth-order valence-corrected chi connectivity index (χ4v) is 9.39. The quantitative estimate of drug-likeness (QED) is 0.248. The zero-order valence-electron chi connectivity index (χ0n) is 8.36. The van der Waals surface area contributed by atoms with E-state index in [-0.39, 0.29) is 32.7 Å². The van der Waals surface area contributed by atoms with Crippen molar-refractivity contribution in [1.82, 2.24) is 0 Å². The molecule has 0 spiro atoms. The van der Waals surface area contributed by atoms with Crippen molar-refractivity contribution in [1.29, 1.82) is 0 Å². The van der Waals surface area contributed by atoms with E-state index in [0.29, 0.717) is 0 Å². The Kier molecular flexibility index (Phi) is 6.31. The average Bonchev–Trinajstić information content (AvgIpc) is 1.68. The first-order chi connectivity index (χ1) is 6.96. The largest absolute Gasteiger partial charge is 0.353 e. The Labute approximate surface area is 128 Å². The molecule has 0 aromatic carbocycles. The van der Waals surface area contributed by atoms with E-state index < -0.39 is 43.1 Å². The Morgan fingerprint density at radius 1 is 1.06 bits per heavy atom. The maximum atomic E-state index is 11.7. The summed E-state index contributed by atoms with van der Waals surface area (Å²) in [5.41, 5.74) is 0. The van der Waals surface area contributed by atoms with E-state index in [1.165, 1.54) is 0 Å². The van der Waals surface area contributed by atoms with Gasteiger partial charge in [0, 0.05) is 32.7 Å². The third kappa shape index (κ3) is 5.91. The van der Waals surface area contributed by atoms with Crippen molar-refractivity contribution in [2.75, 3.05) is 5.08 Å². The summed E-state index contributed by atoms with van der Waals surface area (Å²) in [6.07, 6.45) is 0. The molecule has 0 aliphatic heterocycles. The predicted molar refractivity (Wildman–Crippen MR) is 56.0 cm³/mol. The van der Waals surface area contributed by atoms with Crippen LogP contribution in [0.25, 0.3) is 0 Å². The van der Waals surface area contributed by atoms with E-state index in [2.05, 4.69) is 19.0 Å². The zero-order chi connectivity index (χ0) is 14.4. The molecule has 0 aromatic heterocycles. The predicted octanol–water partition coefficient (Wildman–Crippen LogP) is -4.14. The van der Waals surface area contributed by atoms with E-state index in [1.807, 2.05) is 0 Å². The van der Waals surface area contributed by atoms with Gasteiger partial charge in [-0.2, -0.15) is 29.5 Å². The van der Waals surface area contributed by atoms with Gasteiger partial charge >= 0.3 is 19.4 Å². The zero-order valence-corrected chi connectivity index (χ0v) is 14.5. The topological polar surface area (TPSA) is 227 Å². The van der Waals surface area contributed by atoms with Gasteiger partial charge in [-0.1, -0.05) is 0 Å². The van der Waals surface area contributed by atoms with E-state index in [4.69, 9.17) is 4.55 Å². The summed E-state index contributed by atoms with van der Waals surface area (Å²) < 4.78 is 87.1. The molecule has 12 nitrogen and oxygen atoms in total. The van der Waals surface area contributed by atoms with Crippen LogP contribution in [0.15, 0.2) is 0 Å². The summed E-state index contributed by atoms with van der Waals surface area (Å²) >= 11 is 0. The molecule has 0 rings (SSSR count). The second-order valence-corrected chi connectivity index (χ2v) is 12.9. The average molecular weight is 424 g/mol. The maximum absolute atomic E-state index is 11.7. The molecule has 0 saturated carbocycles. The normalized spacial score (nSPS) is 16.3. The van der Waals surface area contributed by atoms with Gasteiger partial charge in [-0.15, -0.1) is 3.63 Å². The van der Waals surface area contributed by atoms with Crippen molar-refractivity contribution < 1.29 is 70.4 Å². The van der Waals surface area contributed by atoms with E-state index in [1.54, 1.807) is 0 Å². The Bertz CT molecular complexity index is 646. The van der Waals surface area contributed by atoms with Gasteiger partial charge in [0.2, 0.25) is 0 Å². The molecule has 7 N–H and O–H groups in total. The second kappa shape index (κ2) is 5.36. The third-order valence-electron chi connectivity index (χ3n) is 1.09. The standard InChI is InChI=1S/CH9N3O9S4.Y/c2-15(8,9)13-17(4,12,16(3,10)11)1-14(5,6)7;/h1H2,(H2,4,12)(H2,2,8,9)(H2,3,10,11)(H,5,6,7);. The number of hydrogen-bond donors (Lipinski definition) is 4. The molecule has 109 valence electrons. The van der Waals surface area contributed by atoms with Gasteiger partial charge in [-0.3, -0.25) is 4.55 Å². The molecule has 0 aromatic rings. The summed E-state index contributed by atoms with van der Waals surface area (Å²) in [6.45, 7) is 0. The van der Waals surface area contributed by atoms with Crippen molar-refractivity contribution in [3.8, 4) is 0 Å². The van der Waals surface area contributed by atoms with Gasteiger partial charge in [-0.05, 0) is 8.56 Å². The summed E-state index contributed by atoms with van der Waals surface area (Å²) in [6, 6.07) is 0. The second-order valence-electron chi connectivity index (χ2n) is 2.77. The van der Waals surface area contributed by atoms with E-state index in [9.17, 15) is 29.5 Å². The van der Waals surface area contributed by atoms with Crippen molar-refractivity contribution in [2.24, 2.45) is 15.4 Å². The van der Waals surface area contributed by atoms with Crippen molar-refractivity contribution in [2.45, 2.75) is 0 Å². The molecule has 18 heavy (non-hydrogen) atoms. The first-order valence-electron chi connectivity index (χ1n) is 3.13. The molecule has 0 atom stereocenters. The van der Waals surface area contributed by atoms with Crippen LogP contribution in [0.2, 0.25) is 0 Å². The Hall–Kier alpha value is 0.904. The van der Waals surface area contributed by atoms with Crippen LogP contribution in [0.1, 0.15) is 0 Å². The molecule has 1 radical (unpaired) electrons. The van der Waals surface area contributed by atoms with Gasteiger partial charge < -0.3 is 0 Å². The molecular formula is CH9N3O9S4Y. The number of rotatable bonds is 5. The molecule has 0 fully saturated rings. The smallest absolute Gasteiger partial charge is 0.284 e. The monoisotopic (exact) mass is 424 g/mol. The first-order valence-corrected chi connectivity index (χ1v) is 10.4. The minimum Gasteiger partial charge on any atom is -0.284 e. The Morgan fingerprint density at radius 3 is 1.56 bits per heavy atom. The van der Waals surface area contributed by atoms with Gasteiger partial charge in [0.25, 0.3) is 10.1 Å². The third-order valence-corrected chi connectivity index (χ3v) is 11.2. The molecule has 17 heteroatoms. The molecule has 0 aliphatic rings. The van der Waals surface area contributed by atoms with Crippen LogP contribution < -0.4 is 15.4 Å². The summed E-state index contributed by atoms with van der Waals surface area (Å²) in [5.74, 6) is 0. The molecule has 0 unspecified atom stereocenters. The van der Waals surface area contributed by atoms with Crippen LogP contribution >= 0.6 is 0 Å². The van der Waals surface area contributed by atoms with Crippen LogP contribution in [0.3, 0.4) is 0 Å². The fourth-order valence-electron chi connectivity index (χ4n) is 0.593. The van der Waals surface area contributed by atoms with Gasteiger partial charge in [0.15, 0.2) is 5.08 Å². The minimum absolute atomic E-state index is 0. The summed E-state index contributed by atoms with van der Waals surface area (Å²) in [4.78, 5) is 0. The Morgan fingerprint density at radius 2 is 1.39 bits per heavy atom. The maximum Gasteiger partial charge on any atom is 0.353 e. The SMILES string of the molecule is NS(=O)(=O)OS(N)(=O)(CS(=O)(=O)O)S(N)(=O)=O.[Y]. The summed E-state index contributed by atoms with van der Waals surface area (Å²) in [5, 5.41) is 10.9. The molecule has 0 amide bonds. The molecular weight excluding hydrogens is 415 g/mol. The van der Waals surface area contributed by atoms with Crippen molar-refractivity contribution in [3.05, 3.63) is 0 Å². The van der Waals surface area contributed by atoms with Gasteiger partial charge in [0.1, 0.15) is 0 Å². The van der Waals surface area contributed by atoms with E-state index in [0.717, 1.165) is 0 Å². The van der Waals surface area contributed by atoms with Crippen LogP contribution in [0.5, 0.6) is 0 Å². The van der Waals surface area contributed by atoms with Crippen LogP contribution in [0.4, 0.5) is 0 Å².